The molecule has 0 amide bonds. The van der Waals surface area contributed by atoms with Gasteiger partial charge in [0.2, 0.25) is 5.95 Å². The Bertz CT molecular complexity index is 562. The summed E-state index contributed by atoms with van der Waals surface area (Å²) < 4.78 is 1.71. The third-order valence-corrected chi connectivity index (χ3v) is 2.50. The molecular formula is C11H12N4O2. The van der Waals surface area contributed by atoms with Crippen LogP contribution in [0.1, 0.15) is 10.4 Å². The van der Waals surface area contributed by atoms with Gasteiger partial charge in [-0.05, 0) is 6.07 Å². The van der Waals surface area contributed by atoms with Crippen molar-refractivity contribution in [1.82, 2.24) is 14.8 Å². The quantitative estimate of drug-likeness (QED) is 0.831. The van der Waals surface area contributed by atoms with Crippen LogP contribution in [0.5, 0.6) is 0 Å². The maximum atomic E-state index is 11.1. The number of hydrogen-bond acceptors (Lipinski definition) is 4. The van der Waals surface area contributed by atoms with E-state index in [9.17, 15) is 4.79 Å². The Hall–Kier alpha value is -2.37. The molecule has 0 saturated carbocycles. The number of aromatic nitrogens is 3. The summed E-state index contributed by atoms with van der Waals surface area (Å²) >= 11 is 0. The third-order valence-electron chi connectivity index (χ3n) is 2.50. The molecule has 0 aliphatic carbocycles. The van der Waals surface area contributed by atoms with Gasteiger partial charge in [0.1, 0.15) is 0 Å². The molecule has 0 aliphatic rings. The number of aromatic carboxylic acids is 1. The van der Waals surface area contributed by atoms with Gasteiger partial charge in [0.25, 0.3) is 0 Å². The second-order valence-electron chi connectivity index (χ2n) is 3.51. The number of carboxylic acids is 1. The van der Waals surface area contributed by atoms with Crippen molar-refractivity contribution < 1.29 is 9.90 Å². The van der Waals surface area contributed by atoms with E-state index < -0.39 is 5.97 Å². The van der Waals surface area contributed by atoms with E-state index in [0.29, 0.717) is 17.3 Å². The van der Waals surface area contributed by atoms with Gasteiger partial charge < -0.3 is 10.4 Å². The number of nitrogens with one attached hydrogen (secondary N) is 1. The Morgan fingerprint density at radius 3 is 2.65 bits per heavy atom. The topological polar surface area (TPSA) is 80.0 Å². The number of nitrogens with zero attached hydrogens (tertiary/aromatic N) is 3. The first-order chi connectivity index (χ1) is 8.15. The minimum atomic E-state index is -0.977. The van der Waals surface area contributed by atoms with E-state index in [1.54, 1.807) is 42.9 Å². The summed E-state index contributed by atoms with van der Waals surface area (Å²) in [6, 6.07) is 6.72. The summed E-state index contributed by atoms with van der Waals surface area (Å²) in [7, 11) is 3.51. The molecule has 2 rings (SSSR count). The Kier molecular flexibility index (Phi) is 2.78. The lowest BCUT2D eigenvalue weighted by molar-refractivity contribution is 0.0697. The third kappa shape index (κ3) is 1.84. The molecule has 0 saturated heterocycles. The lowest BCUT2D eigenvalue weighted by Crippen LogP contribution is -2.04. The molecule has 0 fully saturated rings. The molecule has 0 unspecified atom stereocenters. The number of anilines is 1. The number of carbonyl (C=O) groups is 1. The van der Waals surface area contributed by atoms with Crippen molar-refractivity contribution in [3.8, 4) is 11.4 Å². The van der Waals surface area contributed by atoms with E-state index in [4.69, 9.17) is 5.11 Å². The Morgan fingerprint density at radius 2 is 2.06 bits per heavy atom. The van der Waals surface area contributed by atoms with Crippen LogP contribution in [0, 0.1) is 0 Å². The second kappa shape index (κ2) is 4.25. The van der Waals surface area contributed by atoms with Crippen molar-refractivity contribution in [1.29, 1.82) is 0 Å². The highest BCUT2D eigenvalue weighted by atomic mass is 16.4. The van der Waals surface area contributed by atoms with Crippen molar-refractivity contribution in [2.24, 2.45) is 7.05 Å². The van der Waals surface area contributed by atoms with E-state index in [1.807, 2.05) is 0 Å². The van der Waals surface area contributed by atoms with Crippen LogP contribution in [0.2, 0.25) is 0 Å². The van der Waals surface area contributed by atoms with Gasteiger partial charge in [-0.3, -0.25) is 4.57 Å². The van der Waals surface area contributed by atoms with Gasteiger partial charge in [-0.15, -0.1) is 10.2 Å². The lowest BCUT2D eigenvalue weighted by atomic mass is 10.1. The molecule has 6 heteroatoms. The van der Waals surface area contributed by atoms with Crippen molar-refractivity contribution in [3.05, 3.63) is 29.8 Å². The second-order valence-corrected chi connectivity index (χ2v) is 3.51. The molecule has 0 spiro atoms. The summed E-state index contributed by atoms with van der Waals surface area (Å²) in [4.78, 5) is 11.1. The van der Waals surface area contributed by atoms with Crippen LogP contribution in [-0.2, 0) is 7.05 Å². The van der Waals surface area contributed by atoms with Gasteiger partial charge in [-0.25, -0.2) is 4.79 Å². The van der Waals surface area contributed by atoms with Crippen molar-refractivity contribution in [2.75, 3.05) is 12.4 Å². The molecule has 17 heavy (non-hydrogen) atoms. The zero-order valence-corrected chi connectivity index (χ0v) is 9.51. The zero-order chi connectivity index (χ0) is 12.4. The Balaban J connectivity index is 2.60. The Morgan fingerprint density at radius 1 is 1.35 bits per heavy atom. The van der Waals surface area contributed by atoms with Gasteiger partial charge in [-0.2, -0.15) is 0 Å². The van der Waals surface area contributed by atoms with Crippen molar-refractivity contribution in [3.63, 3.8) is 0 Å². The summed E-state index contributed by atoms with van der Waals surface area (Å²) in [6.07, 6.45) is 0. The maximum Gasteiger partial charge on any atom is 0.336 e. The number of rotatable bonds is 3. The number of benzene rings is 1. The molecule has 1 aromatic heterocycles. The zero-order valence-electron chi connectivity index (χ0n) is 9.51. The molecular weight excluding hydrogens is 220 g/mol. The van der Waals surface area contributed by atoms with Gasteiger partial charge in [-0.1, -0.05) is 18.2 Å². The molecule has 0 aliphatic heterocycles. The van der Waals surface area contributed by atoms with Gasteiger partial charge in [0.05, 0.1) is 5.56 Å². The molecule has 6 nitrogen and oxygen atoms in total. The standard InChI is InChI=1S/C11H12N4O2/c1-12-11-14-13-9(15(11)2)7-5-3-4-6-8(7)10(16)17/h3-6H,1-2H3,(H,12,14)(H,16,17). The smallest absolute Gasteiger partial charge is 0.336 e. The van der Waals surface area contributed by atoms with Gasteiger partial charge in [0.15, 0.2) is 5.82 Å². The molecule has 0 radical (unpaired) electrons. The molecule has 0 atom stereocenters. The lowest BCUT2D eigenvalue weighted by Gasteiger charge is -2.05. The summed E-state index contributed by atoms with van der Waals surface area (Å²) in [5.74, 6) is 0.127. The van der Waals surface area contributed by atoms with Gasteiger partial charge in [0, 0.05) is 19.7 Å². The predicted molar refractivity (Wildman–Crippen MR) is 62.9 cm³/mol. The van der Waals surface area contributed by atoms with Crippen LogP contribution in [-0.4, -0.2) is 32.9 Å². The highest BCUT2D eigenvalue weighted by Gasteiger charge is 2.16. The van der Waals surface area contributed by atoms with Crippen LogP contribution < -0.4 is 5.32 Å². The van der Waals surface area contributed by atoms with Crippen LogP contribution >= 0.6 is 0 Å². The van der Waals surface area contributed by atoms with E-state index in [2.05, 4.69) is 15.5 Å². The normalized spacial score (nSPS) is 10.2. The predicted octanol–water partition coefficient (Wildman–Crippen LogP) is 1.22. The largest absolute Gasteiger partial charge is 0.478 e. The summed E-state index contributed by atoms with van der Waals surface area (Å²) in [5.41, 5.74) is 0.766. The fraction of sp³-hybridized carbons (Fsp3) is 0.182. The maximum absolute atomic E-state index is 11.1. The number of hydrogen-bond donors (Lipinski definition) is 2. The summed E-state index contributed by atoms with van der Waals surface area (Å²) in [5, 5.41) is 19.9. The molecule has 88 valence electrons. The van der Waals surface area contributed by atoms with E-state index >= 15 is 0 Å². The number of carboxylic acid groups (broad SMARTS) is 1. The fourth-order valence-corrected chi connectivity index (χ4v) is 1.65. The highest BCUT2D eigenvalue weighted by Crippen LogP contribution is 2.23. The molecule has 1 heterocycles. The first-order valence-corrected chi connectivity index (χ1v) is 5.05. The van der Waals surface area contributed by atoms with Gasteiger partial charge >= 0.3 is 5.97 Å². The average Bonchev–Trinajstić information content (AvgIpc) is 2.70. The Labute approximate surface area is 97.9 Å². The molecule has 0 bridgehead atoms. The van der Waals surface area contributed by atoms with Crippen molar-refractivity contribution in [2.45, 2.75) is 0 Å². The summed E-state index contributed by atoms with van der Waals surface area (Å²) in [6.45, 7) is 0. The first-order valence-electron chi connectivity index (χ1n) is 5.05. The molecule has 2 N–H and O–H groups in total. The van der Waals surface area contributed by atoms with Crippen LogP contribution in [0.15, 0.2) is 24.3 Å². The minimum Gasteiger partial charge on any atom is -0.478 e. The minimum absolute atomic E-state index is 0.214. The molecule has 2 aromatic rings. The van der Waals surface area contributed by atoms with Crippen LogP contribution in [0.25, 0.3) is 11.4 Å². The van der Waals surface area contributed by atoms with E-state index in [0.717, 1.165) is 0 Å². The van der Waals surface area contributed by atoms with Crippen molar-refractivity contribution >= 4 is 11.9 Å². The highest BCUT2D eigenvalue weighted by molar-refractivity contribution is 5.95. The van der Waals surface area contributed by atoms with Crippen LogP contribution in [0.3, 0.4) is 0 Å². The fourth-order valence-electron chi connectivity index (χ4n) is 1.65. The monoisotopic (exact) mass is 232 g/mol. The average molecular weight is 232 g/mol. The first kappa shape index (κ1) is 11.1. The van der Waals surface area contributed by atoms with E-state index in [1.165, 1.54) is 0 Å². The molecule has 1 aromatic carbocycles. The van der Waals surface area contributed by atoms with E-state index in [-0.39, 0.29) is 5.56 Å². The SMILES string of the molecule is CNc1nnc(-c2ccccc2C(=O)O)n1C. The van der Waals surface area contributed by atoms with Crippen LogP contribution in [0.4, 0.5) is 5.95 Å².